The lowest BCUT2D eigenvalue weighted by atomic mass is 10.2. The van der Waals surface area contributed by atoms with E-state index >= 15 is 0 Å². The minimum Gasteiger partial charge on any atom is -0.313 e. The number of aromatic nitrogens is 1. The molecule has 1 fully saturated rings. The maximum Gasteiger partial charge on any atom is 0.0543 e. The summed E-state index contributed by atoms with van der Waals surface area (Å²) in [6.45, 7) is 3.25. The average Bonchev–Trinajstić information content (AvgIpc) is 2.71. The predicted octanol–water partition coefficient (Wildman–Crippen LogP) is 1.69. The standard InChI is InChI=1S/C12H19N3.ClH/c1-15(10-12-6-4-8-14-12)9-11-5-2-3-7-13-11;/h2-3,5,7,12,14H,4,6,8-10H2,1H3;1H. The minimum absolute atomic E-state index is 0. The maximum atomic E-state index is 4.33. The van der Waals surface area contributed by atoms with Gasteiger partial charge in [0.15, 0.2) is 0 Å². The Labute approximate surface area is 104 Å². The maximum absolute atomic E-state index is 4.33. The summed E-state index contributed by atoms with van der Waals surface area (Å²) in [7, 11) is 2.16. The highest BCUT2D eigenvalue weighted by Crippen LogP contribution is 2.07. The summed E-state index contributed by atoms with van der Waals surface area (Å²) in [6, 6.07) is 6.77. The normalized spacial score (nSPS) is 19.8. The predicted molar refractivity (Wildman–Crippen MR) is 68.8 cm³/mol. The fraction of sp³-hybridized carbons (Fsp3) is 0.583. The summed E-state index contributed by atoms with van der Waals surface area (Å²) in [5.41, 5.74) is 1.15. The van der Waals surface area contributed by atoms with E-state index in [2.05, 4.69) is 28.3 Å². The van der Waals surface area contributed by atoms with Gasteiger partial charge in [-0.25, -0.2) is 0 Å². The summed E-state index contributed by atoms with van der Waals surface area (Å²) in [4.78, 5) is 6.67. The van der Waals surface area contributed by atoms with Gasteiger partial charge in [-0.05, 0) is 38.6 Å². The molecule has 1 aromatic heterocycles. The van der Waals surface area contributed by atoms with Crippen LogP contribution in [-0.2, 0) is 6.54 Å². The van der Waals surface area contributed by atoms with Crippen LogP contribution in [0.3, 0.4) is 0 Å². The highest BCUT2D eigenvalue weighted by Gasteiger charge is 2.15. The van der Waals surface area contributed by atoms with Crippen molar-refractivity contribution >= 4 is 12.4 Å². The van der Waals surface area contributed by atoms with Crippen molar-refractivity contribution in [2.75, 3.05) is 20.1 Å². The number of nitrogens with one attached hydrogen (secondary N) is 1. The number of nitrogens with zero attached hydrogens (tertiary/aromatic N) is 2. The number of hydrogen-bond acceptors (Lipinski definition) is 3. The van der Waals surface area contributed by atoms with Crippen LogP contribution in [0.1, 0.15) is 18.5 Å². The van der Waals surface area contributed by atoms with Crippen LogP contribution in [0, 0.1) is 0 Å². The quantitative estimate of drug-likeness (QED) is 0.870. The molecule has 0 saturated carbocycles. The number of pyridine rings is 1. The Hall–Kier alpha value is -0.640. The first kappa shape index (κ1) is 13.4. The Morgan fingerprint density at radius 3 is 3.00 bits per heavy atom. The highest BCUT2D eigenvalue weighted by atomic mass is 35.5. The number of rotatable bonds is 4. The van der Waals surface area contributed by atoms with E-state index in [1.807, 2.05) is 18.3 Å². The fourth-order valence-corrected chi connectivity index (χ4v) is 2.12. The summed E-state index contributed by atoms with van der Waals surface area (Å²) in [5, 5.41) is 3.51. The summed E-state index contributed by atoms with van der Waals surface area (Å²) < 4.78 is 0. The molecule has 1 N–H and O–H groups in total. The van der Waals surface area contributed by atoms with E-state index in [1.54, 1.807) is 0 Å². The Bertz CT molecular complexity index is 286. The van der Waals surface area contributed by atoms with E-state index in [0.29, 0.717) is 6.04 Å². The molecule has 16 heavy (non-hydrogen) atoms. The molecule has 2 rings (SSSR count). The van der Waals surface area contributed by atoms with Gasteiger partial charge in [0.1, 0.15) is 0 Å². The van der Waals surface area contributed by atoms with E-state index in [-0.39, 0.29) is 12.4 Å². The molecule has 3 nitrogen and oxygen atoms in total. The molecule has 0 spiro atoms. The van der Waals surface area contributed by atoms with E-state index in [1.165, 1.54) is 19.4 Å². The molecule has 1 aliphatic heterocycles. The lowest BCUT2D eigenvalue weighted by Gasteiger charge is -2.20. The van der Waals surface area contributed by atoms with Gasteiger partial charge in [0.05, 0.1) is 5.69 Å². The summed E-state index contributed by atoms with van der Waals surface area (Å²) >= 11 is 0. The minimum atomic E-state index is 0. The van der Waals surface area contributed by atoms with Crippen molar-refractivity contribution in [1.82, 2.24) is 15.2 Å². The molecule has 1 saturated heterocycles. The second kappa shape index (κ2) is 6.84. The van der Waals surface area contributed by atoms with Crippen LogP contribution in [0.25, 0.3) is 0 Å². The Balaban J connectivity index is 0.00000128. The number of hydrogen-bond donors (Lipinski definition) is 1. The van der Waals surface area contributed by atoms with Crippen LogP contribution in [-0.4, -0.2) is 36.1 Å². The zero-order valence-corrected chi connectivity index (χ0v) is 10.5. The van der Waals surface area contributed by atoms with Crippen molar-refractivity contribution in [2.24, 2.45) is 0 Å². The molecule has 4 heteroatoms. The monoisotopic (exact) mass is 241 g/mol. The van der Waals surface area contributed by atoms with Crippen molar-refractivity contribution in [2.45, 2.75) is 25.4 Å². The third-order valence-electron chi connectivity index (χ3n) is 2.85. The molecule has 0 bridgehead atoms. The lowest BCUT2D eigenvalue weighted by molar-refractivity contribution is 0.290. The van der Waals surface area contributed by atoms with Crippen LogP contribution >= 0.6 is 12.4 Å². The second-order valence-corrected chi connectivity index (χ2v) is 4.31. The van der Waals surface area contributed by atoms with Crippen molar-refractivity contribution in [1.29, 1.82) is 0 Å². The first-order chi connectivity index (χ1) is 7.34. The first-order valence-electron chi connectivity index (χ1n) is 5.66. The lowest BCUT2D eigenvalue weighted by Crippen LogP contribution is -2.35. The van der Waals surface area contributed by atoms with Crippen molar-refractivity contribution in [3.8, 4) is 0 Å². The van der Waals surface area contributed by atoms with Crippen LogP contribution in [0.5, 0.6) is 0 Å². The molecule has 2 heterocycles. The molecular weight excluding hydrogens is 222 g/mol. The second-order valence-electron chi connectivity index (χ2n) is 4.31. The van der Waals surface area contributed by atoms with Crippen LogP contribution in [0.2, 0.25) is 0 Å². The van der Waals surface area contributed by atoms with Gasteiger partial charge >= 0.3 is 0 Å². The van der Waals surface area contributed by atoms with Gasteiger partial charge in [-0.3, -0.25) is 9.88 Å². The Kier molecular flexibility index (Phi) is 5.74. The third-order valence-corrected chi connectivity index (χ3v) is 2.85. The topological polar surface area (TPSA) is 28.2 Å². The zero-order chi connectivity index (χ0) is 10.5. The van der Waals surface area contributed by atoms with Gasteiger partial charge in [-0.1, -0.05) is 6.07 Å². The van der Waals surface area contributed by atoms with Crippen molar-refractivity contribution in [3.63, 3.8) is 0 Å². The molecular formula is C12H20ClN3. The molecule has 90 valence electrons. The molecule has 1 atom stereocenters. The molecule has 1 unspecified atom stereocenters. The van der Waals surface area contributed by atoms with Gasteiger partial charge < -0.3 is 5.32 Å². The molecule has 0 radical (unpaired) electrons. The van der Waals surface area contributed by atoms with Gasteiger partial charge in [0.2, 0.25) is 0 Å². The van der Waals surface area contributed by atoms with Crippen LogP contribution < -0.4 is 5.32 Å². The third kappa shape index (κ3) is 4.08. The zero-order valence-electron chi connectivity index (χ0n) is 9.72. The van der Waals surface area contributed by atoms with Crippen molar-refractivity contribution in [3.05, 3.63) is 30.1 Å². The molecule has 0 aromatic carbocycles. The SMILES string of the molecule is CN(Cc1ccccn1)CC1CCCN1.Cl. The van der Waals surface area contributed by atoms with Gasteiger partial charge in [-0.2, -0.15) is 0 Å². The smallest absolute Gasteiger partial charge is 0.0543 e. The molecule has 1 aromatic rings. The van der Waals surface area contributed by atoms with E-state index in [9.17, 15) is 0 Å². The van der Waals surface area contributed by atoms with Gasteiger partial charge in [-0.15, -0.1) is 12.4 Å². The Morgan fingerprint density at radius 1 is 1.50 bits per heavy atom. The summed E-state index contributed by atoms with van der Waals surface area (Å²) in [6.07, 6.45) is 4.49. The fourth-order valence-electron chi connectivity index (χ4n) is 2.12. The van der Waals surface area contributed by atoms with Crippen LogP contribution in [0.4, 0.5) is 0 Å². The van der Waals surface area contributed by atoms with Gasteiger partial charge in [0.25, 0.3) is 0 Å². The molecule has 0 amide bonds. The number of likely N-dealkylation sites (N-methyl/N-ethyl adjacent to an activating group) is 1. The highest BCUT2D eigenvalue weighted by molar-refractivity contribution is 5.85. The average molecular weight is 242 g/mol. The van der Waals surface area contributed by atoms with E-state index < -0.39 is 0 Å². The number of halogens is 1. The largest absolute Gasteiger partial charge is 0.313 e. The molecule has 1 aliphatic rings. The summed E-state index contributed by atoms with van der Waals surface area (Å²) in [5.74, 6) is 0. The molecule has 0 aliphatic carbocycles. The van der Waals surface area contributed by atoms with E-state index in [4.69, 9.17) is 0 Å². The van der Waals surface area contributed by atoms with Gasteiger partial charge in [0, 0.05) is 25.3 Å². The Morgan fingerprint density at radius 2 is 2.38 bits per heavy atom. The van der Waals surface area contributed by atoms with Crippen molar-refractivity contribution < 1.29 is 0 Å². The van der Waals surface area contributed by atoms with E-state index in [0.717, 1.165) is 18.8 Å². The first-order valence-corrected chi connectivity index (χ1v) is 5.66. The van der Waals surface area contributed by atoms with Crippen LogP contribution in [0.15, 0.2) is 24.4 Å².